The van der Waals surface area contributed by atoms with Gasteiger partial charge >= 0.3 is 6.03 Å². The van der Waals surface area contributed by atoms with E-state index in [4.69, 9.17) is 4.74 Å². The van der Waals surface area contributed by atoms with E-state index in [-0.39, 0.29) is 37.6 Å². The standard InChI is InChI=1S/C11H16N4O2.2ClH/c16-11(15-6-4-12-5-7-15)14-9-17-10-2-1-3-13-8-10;;/h1-3,8,12H,4-7,9H2,(H,14,16);2*1H. The van der Waals surface area contributed by atoms with Gasteiger partial charge in [-0.05, 0) is 12.1 Å². The number of piperazine rings is 1. The number of urea groups is 1. The molecule has 0 spiro atoms. The van der Waals surface area contributed by atoms with Crippen LogP contribution in [-0.2, 0) is 0 Å². The highest BCUT2D eigenvalue weighted by molar-refractivity contribution is 5.85. The number of hydrogen-bond acceptors (Lipinski definition) is 4. The lowest BCUT2D eigenvalue weighted by Crippen LogP contribution is -2.50. The Morgan fingerprint density at radius 2 is 2.16 bits per heavy atom. The van der Waals surface area contributed by atoms with E-state index in [1.54, 1.807) is 29.4 Å². The molecule has 1 fully saturated rings. The van der Waals surface area contributed by atoms with Gasteiger partial charge in [0, 0.05) is 32.4 Å². The lowest BCUT2D eigenvalue weighted by atomic mass is 10.4. The maximum atomic E-state index is 11.7. The molecule has 0 unspecified atom stereocenters. The van der Waals surface area contributed by atoms with Gasteiger partial charge in [0.25, 0.3) is 0 Å². The van der Waals surface area contributed by atoms with Gasteiger partial charge in [0.1, 0.15) is 5.75 Å². The van der Waals surface area contributed by atoms with Crippen LogP contribution in [0.25, 0.3) is 0 Å². The van der Waals surface area contributed by atoms with E-state index in [9.17, 15) is 4.79 Å². The highest BCUT2D eigenvalue weighted by Gasteiger charge is 2.15. The molecule has 19 heavy (non-hydrogen) atoms. The molecule has 0 radical (unpaired) electrons. The predicted octanol–water partition coefficient (Wildman–Crippen LogP) is 0.876. The van der Waals surface area contributed by atoms with Crippen LogP contribution in [0.15, 0.2) is 24.5 Å². The Bertz CT molecular complexity index is 361. The number of carbonyl (C=O) groups excluding carboxylic acids is 1. The van der Waals surface area contributed by atoms with Gasteiger partial charge in [-0.1, -0.05) is 0 Å². The Balaban J connectivity index is 0.00000162. The molecule has 0 atom stereocenters. The van der Waals surface area contributed by atoms with Crippen molar-refractivity contribution in [3.63, 3.8) is 0 Å². The zero-order valence-electron chi connectivity index (χ0n) is 10.4. The average Bonchev–Trinajstić information content (AvgIpc) is 2.41. The number of hydrogen-bond donors (Lipinski definition) is 2. The van der Waals surface area contributed by atoms with Gasteiger partial charge in [-0.3, -0.25) is 4.98 Å². The molecule has 2 N–H and O–H groups in total. The topological polar surface area (TPSA) is 66.5 Å². The summed E-state index contributed by atoms with van der Waals surface area (Å²) >= 11 is 0. The minimum absolute atomic E-state index is 0. The van der Waals surface area contributed by atoms with Gasteiger partial charge in [-0.15, -0.1) is 24.8 Å². The molecule has 2 amide bonds. The Kier molecular flexibility index (Phi) is 9.03. The fourth-order valence-corrected chi connectivity index (χ4v) is 1.59. The van der Waals surface area contributed by atoms with Gasteiger partial charge in [0.15, 0.2) is 6.73 Å². The van der Waals surface area contributed by atoms with Crippen LogP contribution in [0.3, 0.4) is 0 Å². The zero-order valence-corrected chi connectivity index (χ0v) is 12.0. The first-order valence-corrected chi connectivity index (χ1v) is 5.62. The molecule has 0 aliphatic carbocycles. The largest absolute Gasteiger partial charge is 0.472 e. The highest BCUT2D eigenvalue weighted by atomic mass is 35.5. The van der Waals surface area contributed by atoms with E-state index in [1.807, 2.05) is 0 Å². The molecule has 108 valence electrons. The second-order valence-corrected chi connectivity index (χ2v) is 3.70. The molecule has 0 aromatic carbocycles. The van der Waals surface area contributed by atoms with Crippen LogP contribution in [0, 0.1) is 0 Å². The van der Waals surface area contributed by atoms with Crippen LogP contribution < -0.4 is 15.4 Å². The molecule has 1 aliphatic heterocycles. The summed E-state index contributed by atoms with van der Waals surface area (Å²) in [7, 11) is 0. The third kappa shape index (κ3) is 5.96. The molecule has 1 saturated heterocycles. The Morgan fingerprint density at radius 1 is 1.42 bits per heavy atom. The summed E-state index contributed by atoms with van der Waals surface area (Å²) in [5.74, 6) is 0.646. The summed E-state index contributed by atoms with van der Waals surface area (Å²) < 4.78 is 5.33. The molecule has 1 aliphatic rings. The first-order chi connectivity index (χ1) is 8.36. The number of ether oxygens (including phenoxy) is 1. The van der Waals surface area contributed by atoms with E-state index in [0.717, 1.165) is 26.2 Å². The quantitative estimate of drug-likeness (QED) is 0.814. The summed E-state index contributed by atoms with van der Waals surface area (Å²) in [6, 6.07) is 3.49. The van der Waals surface area contributed by atoms with Crippen molar-refractivity contribution in [3.8, 4) is 5.75 Å². The average molecular weight is 309 g/mol. The first-order valence-electron chi connectivity index (χ1n) is 5.62. The van der Waals surface area contributed by atoms with E-state index < -0.39 is 0 Å². The minimum atomic E-state index is -0.0876. The van der Waals surface area contributed by atoms with Gasteiger partial charge in [0.05, 0.1) is 6.20 Å². The normalized spacial score (nSPS) is 13.8. The summed E-state index contributed by atoms with van der Waals surface area (Å²) in [4.78, 5) is 17.4. The van der Waals surface area contributed by atoms with Gasteiger partial charge in [0.2, 0.25) is 0 Å². The van der Waals surface area contributed by atoms with Gasteiger partial charge in [-0.25, -0.2) is 4.79 Å². The monoisotopic (exact) mass is 308 g/mol. The van der Waals surface area contributed by atoms with Crippen LogP contribution in [-0.4, -0.2) is 48.8 Å². The minimum Gasteiger partial charge on any atom is -0.472 e. The van der Waals surface area contributed by atoms with Crippen molar-refractivity contribution in [1.82, 2.24) is 20.5 Å². The Morgan fingerprint density at radius 3 is 2.79 bits per heavy atom. The fourth-order valence-electron chi connectivity index (χ4n) is 1.59. The summed E-state index contributed by atoms with van der Waals surface area (Å²) in [5.41, 5.74) is 0. The van der Waals surface area contributed by atoms with Crippen molar-refractivity contribution in [1.29, 1.82) is 0 Å². The van der Waals surface area contributed by atoms with Crippen LogP contribution in [0.1, 0.15) is 0 Å². The van der Waals surface area contributed by atoms with Gasteiger partial charge in [-0.2, -0.15) is 0 Å². The van der Waals surface area contributed by atoms with Crippen molar-refractivity contribution in [2.45, 2.75) is 0 Å². The maximum Gasteiger partial charge on any atom is 0.320 e. The van der Waals surface area contributed by atoms with Crippen LogP contribution in [0.4, 0.5) is 4.79 Å². The molecule has 1 aromatic rings. The van der Waals surface area contributed by atoms with Crippen molar-refractivity contribution in [2.24, 2.45) is 0 Å². The predicted molar refractivity (Wildman–Crippen MR) is 77.2 cm³/mol. The van der Waals surface area contributed by atoms with E-state index >= 15 is 0 Å². The smallest absolute Gasteiger partial charge is 0.320 e. The van der Waals surface area contributed by atoms with Crippen molar-refractivity contribution >= 4 is 30.8 Å². The number of amides is 2. The summed E-state index contributed by atoms with van der Waals surface area (Å²) in [5, 5.41) is 5.90. The second kappa shape index (κ2) is 9.66. The molecule has 8 heteroatoms. The number of carbonyl (C=O) groups is 1. The fraction of sp³-hybridized carbons (Fsp3) is 0.455. The van der Waals surface area contributed by atoms with Crippen molar-refractivity contribution in [2.75, 3.05) is 32.9 Å². The van der Waals surface area contributed by atoms with E-state index in [2.05, 4.69) is 15.6 Å². The molecular formula is C11H18Cl2N4O2. The summed E-state index contributed by atoms with van der Waals surface area (Å²) in [6.07, 6.45) is 3.28. The maximum absolute atomic E-state index is 11.7. The Hall–Kier alpha value is -1.24. The zero-order chi connectivity index (χ0) is 11.9. The number of halogens is 2. The highest BCUT2D eigenvalue weighted by Crippen LogP contribution is 2.04. The number of nitrogens with zero attached hydrogens (tertiary/aromatic N) is 2. The SMILES string of the molecule is Cl.Cl.O=C(NCOc1cccnc1)N1CCNCC1. The number of pyridine rings is 1. The van der Waals surface area contributed by atoms with Crippen molar-refractivity contribution < 1.29 is 9.53 Å². The molecule has 6 nitrogen and oxygen atoms in total. The van der Waals surface area contributed by atoms with E-state index in [1.165, 1.54) is 0 Å². The molecule has 0 bridgehead atoms. The van der Waals surface area contributed by atoms with Gasteiger partial charge < -0.3 is 20.3 Å². The lowest BCUT2D eigenvalue weighted by Gasteiger charge is -2.27. The molecular weight excluding hydrogens is 291 g/mol. The molecule has 0 saturated carbocycles. The molecule has 2 heterocycles. The third-order valence-corrected chi connectivity index (χ3v) is 2.50. The molecule has 1 aromatic heterocycles. The number of rotatable bonds is 3. The molecule has 2 rings (SSSR count). The van der Waals surface area contributed by atoms with Crippen LogP contribution >= 0.6 is 24.8 Å². The third-order valence-electron chi connectivity index (χ3n) is 2.50. The van der Waals surface area contributed by atoms with E-state index in [0.29, 0.717) is 5.75 Å². The second-order valence-electron chi connectivity index (χ2n) is 3.70. The number of nitrogens with one attached hydrogen (secondary N) is 2. The first kappa shape index (κ1) is 17.8. The van der Waals surface area contributed by atoms with Crippen LogP contribution in [0.2, 0.25) is 0 Å². The van der Waals surface area contributed by atoms with Crippen LogP contribution in [0.5, 0.6) is 5.75 Å². The Labute approximate surface area is 124 Å². The summed E-state index contributed by atoms with van der Waals surface area (Å²) in [6.45, 7) is 3.32. The lowest BCUT2D eigenvalue weighted by molar-refractivity contribution is 0.177. The number of aromatic nitrogens is 1. The van der Waals surface area contributed by atoms with Crippen molar-refractivity contribution in [3.05, 3.63) is 24.5 Å².